The van der Waals surface area contributed by atoms with Gasteiger partial charge >= 0.3 is 0 Å². The first kappa shape index (κ1) is 17.3. The van der Waals surface area contributed by atoms with Crippen LogP contribution in [0.5, 0.6) is 0 Å². The van der Waals surface area contributed by atoms with Gasteiger partial charge in [0.25, 0.3) is 0 Å². The van der Waals surface area contributed by atoms with E-state index in [0.29, 0.717) is 23.8 Å². The Hall–Kier alpha value is -1.06. The number of carbonyl (C=O) groups excluding carboxylic acids is 1. The zero-order valence-electron chi connectivity index (χ0n) is 13.4. The summed E-state index contributed by atoms with van der Waals surface area (Å²) in [6, 6.07) is 10.5. The number of rotatable bonds is 3. The molecule has 0 spiro atoms. The summed E-state index contributed by atoms with van der Waals surface area (Å²) in [7, 11) is 0. The van der Waals surface area contributed by atoms with Crippen molar-refractivity contribution >= 4 is 18.3 Å². The number of halogens is 1. The van der Waals surface area contributed by atoms with Gasteiger partial charge in [0.2, 0.25) is 5.91 Å². The molecule has 3 rings (SSSR count). The van der Waals surface area contributed by atoms with Crippen molar-refractivity contribution in [3.05, 3.63) is 35.9 Å². The SMILES string of the molecule is CC(C)C(C(=O)N1CC2CCC(N)C2C1)c1ccccc1.Cl. The number of hydrogen-bond donors (Lipinski definition) is 1. The Kier molecular flexibility index (Phi) is 5.51. The fraction of sp³-hybridized carbons (Fsp3) is 0.611. The van der Waals surface area contributed by atoms with Gasteiger partial charge in [0.05, 0.1) is 5.92 Å². The molecular formula is C18H27ClN2O. The highest BCUT2D eigenvalue weighted by Crippen LogP contribution is 2.39. The molecule has 1 saturated heterocycles. The second-order valence-electron chi connectivity index (χ2n) is 7.04. The topological polar surface area (TPSA) is 46.3 Å². The van der Waals surface area contributed by atoms with Crippen LogP contribution in [0.1, 0.15) is 38.2 Å². The minimum atomic E-state index is -0.0266. The van der Waals surface area contributed by atoms with Crippen LogP contribution in [0.3, 0.4) is 0 Å². The summed E-state index contributed by atoms with van der Waals surface area (Å²) < 4.78 is 0. The Bertz CT molecular complexity index is 505. The van der Waals surface area contributed by atoms with Crippen LogP contribution in [0.2, 0.25) is 0 Å². The molecule has 2 fully saturated rings. The van der Waals surface area contributed by atoms with Gasteiger partial charge in [0.15, 0.2) is 0 Å². The van der Waals surface area contributed by atoms with Gasteiger partial charge in [0, 0.05) is 19.1 Å². The number of hydrogen-bond acceptors (Lipinski definition) is 2. The fourth-order valence-corrected chi connectivity index (χ4v) is 4.16. The van der Waals surface area contributed by atoms with Gasteiger partial charge in [-0.2, -0.15) is 0 Å². The lowest BCUT2D eigenvalue weighted by atomic mass is 9.87. The van der Waals surface area contributed by atoms with Gasteiger partial charge in [-0.05, 0) is 36.2 Å². The second-order valence-corrected chi connectivity index (χ2v) is 7.04. The van der Waals surface area contributed by atoms with Crippen molar-refractivity contribution < 1.29 is 4.79 Å². The van der Waals surface area contributed by atoms with Crippen LogP contribution in [0.25, 0.3) is 0 Å². The molecule has 1 amide bonds. The van der Waals surface area contributed by atoms with Crippen LogP contribution < -0.4 is 5.73 Å². The average Bonchev–Trinajstić information content (AvgIpc) is 3.02. The van der Waals surface area contributed by atoms with Gasteiger partial charge in [-0.15, -0.1) is 12.4 Å². The molecule has 3 nitrogen and oxygen atoms in total. The monoisotopic (exact) mass is 322 g/mol. The maximum atomic E-state index is 13.0. The second kappa shape index (κ2) is 7.01. The highest BCUT2D eigenvalue weighted by Gasteiger charge is 2.44. The van der Waals surface area contributed by atoms with Crippen LogP contribution in [0.4, 0.5) is 0 Å². The highest BCUT2D eigenvalue weighted by atomic mass is 35.5. The molecule has 1 heterocycles. The Morgan fingerprint density at radius 2 is 1.86 bits per heavy atom. The first-order valence-electron chi connectivity index (χ1n) is 8.17. The normalized spacial score (nSPS) is 28.4. The number of likely N-dealkylation sites (tertiary alicyclic amines) is 1. The molecule has 0 aromatic heterocycles. The number of fused-ring (bicyclic) bond motifs is 1. The quantitative estimate of drug-likeness (QED) is 0.929. The minimum Gasteiger partial charge on any atom is -0.342 e. The Morgan fingerprint density at radius 3 is 2.45 bits per heavy atom. The fourth-order valence-electron chi connectivity index (χ4n) is 4.16. The molecule has 2 aliphatic rings. The molecule has 0 bridgehead atoms. The van der Waals surface area contributed by atoms with Crippen molar-refractivity contribution in [2.24, 2.45) is 23.5 Å². The number of benzene rings is 1. The minimum absolute atomic E-state index is 0. The Labute approximate surface area is 139 Å². The van der Waals surface area contributed by atoms with E-state index < -0.39 is 0 Å². The average molecular weight is 323 g/mol. The van der Waals surface area contributed by atoms with Gasteiger partial charge < -0.3 is 10.6 Å². The van der Waals surface area contributed by atoms with Crippen molar-refractivity contribution in [1.82, 2.24) is 4.90 Å². The summed E-state index contributed by atoms with van der Waals surface area (Å²) in [4.78, 5) is 15.1. The highest BCUT2D eigenvalue weighted by molar-refractivity contribution is 5.85. The molecule has 4 atom stereocenters. The van der Waals surface area contributed by atoms with E-state index in [1.807, 2.05) is 18.2 Å². The standard InChI is InChI=1S/C18H26N2O.ClH/c1-12(2)17(13-6-4-3-5-7-13)18(21)20-10-14-8-9-16(19)15(14)11-20;/h3-7,12,14-17H,8-11,19H2,1-2H3;1H. The predicted molar refractivity (Wildman–Crippen MR) is 92.0 cm³/mol. The summed E-state index contributed by atoms with van der Waals surface area (Å²) in [5, 5.41) is 0. The van der Waals surface area contributed by atoms with Gasteiger partial charge in [0.1, 0.15) is 0 Å². The van der Waals surface area contributed by atoms with Crippen molar-refractivity contribution in [2.75, 3.05) is 13.1 Å². The van der Waals surface area contributed by atoms with E-state index in [-0.39, 0.29) is 24.2 Å². The molecule has 1 aliphatic carbocycles. The number of amides is 1. The molecule has 2 N–H and O–H groups in total. The van der Waals surface area contributed by atoms with E-state index in [0.717, 1.165) is 25.1 Å². The largest absolute Gasteiger partial charge is 0.342 e. The van der Waals surface area contributed by atoms with E-state index in [9.17, 15) is 4.79 Å². The van der Waals surface area contributed by atoms with Crippen LogP contribution in [-0.4, -0.2) is 29.9 Å². The lowest BCUT2D eigenvalue weighted by Crippen LogP contribution is -2.37. The summed E-state index contributed by atoms with van der Waals surface area (Å²) in [5.74, 6) is 1.73. The molecule has 1 saturated carbocycles. The van der Waals surface area contributed by atoms with Crippen LogP contribution in [0.15, 0.2) is 30.3 Å². The van der Waals surface area contributed by atoms with Crippen LogP contribution in [0, 0.1) is 17.8 Å². The smallest absolute Gasteiger partial charge is 0.230 e. The third kappa shape index (κ3) is 3.16. The van der Waals surface area contributed by atoms with E-state index in [2.05, 4.69) is 30.9 Å². The van der Waals surface area contributed by atoms with Crippen molar-refractivity contribution in [3.8, 4) is 0 Å². The summed E-state index contributed by atoms with van der Waals surface area (Å²) >= 11 is 0. The van der Waals surface area contributed by atoms with E-state index in [4.69, 9.17) is 5.73 Å². The molecule has 1 aromatic carbocycles. The lowest BCUT2D eigenvalue weighted by molar-refractivity contribution is -0.133. The third-order valence-corrected chi connectivity index (χ3v) is 5.32. The molecule has 4 heteroatoms. The van der Waals surface area contributed by atoms with Crippen LogP contribution in [-0.2, 0) is 4.79 Å². The third-order valence-electron chi connectivity index (χ3n) is 5.32. The molecule has 22 heavy (non-hydrogen) atoms. The van der Waals surface area contributed by atoms with Gasteiger partial charge in [-0.3, -0.25) is 4.79 Å². The van der Waals surface area contributed by atoms with Crippen molar-refractivity contribution in [1.29, 1.82) is 0 Å². The number of nitrogens with two attached hydrogens (primary N) is 1. The van der Waals surface area contributed by atoms with E-state index in [1.54, 1.807) is 0 Å². The van der Waals surface area contributed by atoms with Crippen molar-refractivity contribution in [2.45, 2.75) is 38.6 Å². The molecule has 4 unspecified atom stereocenters. The predicted octanol–water partition coefficient (Wildman–Crippen LogP) is 3.04. The van der Waals surface area contributed by atoms with E-state index in [1.165, 1.54) is 6.42 Å². The van der Waals surface area contributed by atoms with Gasteiger partial charge in [-0.25, -0.2) is 0 Å². The Balaban J connectivity index is 0.00000176. The first-order valence-corrected chi connectivity index (χ1v) is 8.17. The van der Waals surface area contributed by atoms with Crippen molar-refractivity contribution in [3.63, 3.8) is 0 Å². The zero-order chi connectivity index (χ0) is 15.0. The molecule has 0 radical (unpaired) electrons. The lowest BCUT2D eigenvalue weighted by Gasteiger charge is -2.27. The zero-order valence-corrected chi connectivity index (χ0v) is 14.3. The summed E-state index contributed by atoms with van der Waals surface area (Å²) in [5.41, 5.74) is 7.33. The molecule has 1 aromatic rings. The molecule has 1 aliphatic heterocycles. The maximum Gasteiger partial charge on any atom is 0.230 e. The van der Waals surface area contributed by atoms with Crippen LogP contribution >= 0.6 is 12.4 Å². The molecule has 122 valence electrons. The molecular weight excluding hydrogens is 296 g/mol. The van der Waals surface area contributed by atoms with E-state index >= 15 is 0 Å². The Morgan fingerprint density at radius 1 is 1.18 bits per heavy atom. The first-order chi connectivity index (χ1) is 10.1. The maximum absolute atomic E-state index is 13.0. The summed E-state index contributed by atoms with van der Waals surface area (Å²) in [6.45, 7) is 6.05. The number of nitrogens with zero attached hydrogens (tertiary/aromatic N) is 1. The summed E-state index contributed by atoms with van der Waals surface area (Å²) in [6.07, 6.45) is 2.32. The number of carbonyl (C=O) groups is 1. The van der Waals surface area contributed by atoms with Gasteiger partial charge in [-0.1, -0.05) is 44.2 Å².